The maximum Gasteiger partial charge on any atom is 0.248 e. The van der Waals surface area contributed by atoms with Gasteiger partial charge < -0.3 is 15.8 Å². The number of amides is 1. The molecular formula is C15H21ClN2O2. The summed E-state index contributed by atoms with van der Waals surface area (Å²) in [6.45, 7) is 4.59. The van der Waals surface area contributed by atoms with Gasteiger partial charge in [0.1, 0.15) is 0 Å². The van der Waals surface area contributed by atoms with Gasteiger partial charge in [-0.15, -0.1) is 0 Å². The number of nitrogens with one attached hydrogen (secondary N) is 1. The highest BCUT2D eigenvalue weighted by Crippen LogP contribution is 2.21. The summed E-state index contributed by atoms with van der Waals surface area (Å²) in [5.74, 6) is 0.189. The molecule has 1 unspecified atom stereocenters. The summed E-state index contributed by atoms with van der Waals surface area (Å²) in [6.07, 6.45) is 2.20. The monoisotopic (exact) mass is 296 g/mol. The summed E-state index contributed by atoms with van der Waals surface area (Å²) in [5, 5.41) is 4.08. The Morgan fingerprint density at radius 1 is 1.50 bits per heavy atom. The molecule has 1 fully saturated rings. The van der Waals surface area contributed by atoms with E-state index in [0.29, 0.717) is 29.1 Å². The molecule has 1 aromatic carbocycles. The first-order valence-corrected chi connectivity index (χ1v) is 7.35. The zero-order valence-corrected chi connectivity index (χ0v) is 12.5. The molecule has 4 nitrogen and oxygen atoms in total. The van der Waals surface area contributed by atoms with Gasteiger partial charge in [-0.2, -0.15) is 0 Å². The Labute approximate surface area is 124 Å². The van der Waals surface area contributed by atoms with Gasteiger partial charge in [-0.3, -0.25) is 4.79 Å². The Morgan fingerprint density at radius 3 is 2.80 bits per heavy atom. The van der Waals surface area contributed by atoms with Crippen LogP contribution in [0.3, 0.4) is 0 Å². The van der Waals surface area contributed by atoms with E-state index in [1.807, 2.05) is 6.07 Å². The minimum atomic E-state index is -0.456. The minimum Gasteiger partial charge on any atom is -0.381 e. The van der Waals surface area contributed by atoms with E-state index in [0.717, 1.165) is 31.6 Å². The highest BCUT2D eigenvalue weighted by molar-refractivity contribution is 6.31. The summed E-state index contributed by atoms with van der Waals surface area (Å²) in [6, 6.07) is 5.61. The highest BCUT2D eigenvalue weighted by atomic mass is 35.5. The summed E-state index contributed by atoms with van der Waals surface area (Å²) in [7, 11) is 0. The average Bonchev–Trinajstić information content (AvgIpc) is 2.46. The number of hydrogen-bond acceptors (Lipinski definition) is 3. The fourth-order valence-corrected chi connectivity index (χ4v) is 2.74. The van der Waals surface area contributed by atoms with Crippen molar-refractivity contribution in [2.75, 3.05) is 13.2 Å². The second kappa shape index (κ2) is 7.07. The van der Waals surface area contributed by atoms with Gasteiger partial charge in [-0.1, -0.05) is 17.7 Å². The summed E-state index contributed by atoms with van der Waals surface area (Å²) >= 11 is 6.17. The average molecular weight is 297 g/mol. The van der Waals surface area contributed by atoms with Gasteiger partial charge in [0.25, 0.3) is 0 Å². The molecule has 0 aromatic heterocycles. The van der Waals surface area contributed by atoms with Crippen molar-refractivity contribution in [2.45, 2.75) is 32.4 Å². The molecular weight excluding hydrogens is 276 g/mol. The van der Waals surface area contributed by atoms with E-state index in [4.69, 9.17) is 22.1 Å². The topological polar surface area (TPSA) is 64.3 Å². The first-order valence-electron chi connectivity index (χ1n) is 6.97. The molecule has 3 N–H and O–H groups in total. The second-order valence-electron chi connectivity index (χ2n) is 5.29. The molecule has 0 spiro atoms. The van der Waals surface area contributed by atoms with Crippen molar-refractivity contribution in [2.24, 2.45) is 11.7 Å². The molecule has 1 saturated heterocycles. The molecule has 5 heteroatoms. The predicted molar refractivity (Wildman–Crippen MR) is 79.8 cm³/mol. The zero-order chi connectivity index (χ0) is 14.5. The van der Waals surface area contributed by atoms with Gasteiger partial charge >= 0.3 is 0 Å². The molecule has 1 atom stereocenters. The van der Waals surface area contributed by atoms with E-state index >= 15 is 0 Å². The third-order valence-corrected chi connectivity index (χ3v) is 4.28. The number of primary amides is 1. The molecule has 0 bridgehead atoms. The molecule has 1 aliphatic rings. The van der Waals surface area contributed by atoms with Crippen LogP contribution in [0.1, 0.15) is 35.7 Å². The van der Waals surface area contributed by atoms with Gasteiger partial charge in [0.2, 0.25) is 5.91 Å². The summed E-state index contributed by atoms with van der Waals surface area (Å²) in [5.41, 5.74) is 6.65. The lowest BCUT2D eigenvalue weighted by atomic mass is 9.93. The maximum absolute atomic E-state index is 11.1. The minimum absolute atomic E-state index is 0.422. The van der Waals surface area contributed by atoms with Crippen LogP contribution in [0.2, 0.25) is 5.02 Å². The lowest BCUT2D eigenvalue weighted by Crippen LogP contribution is -2.36. The van der Waals surface area contributed by atoms with Gasteiger partial charge in [0.05, 0.1) is 0 Å². The van der Waals surface area contributed by atoms with Gasteiger partial charge in [-0.25, -0.2) is 0 Å². The van der Waals surface area contributed by atoms with Crippen LogP contribution in [0, 0.1) is 5.92 Å². The second-order valence-corrected chi connectivity index (χ2v) is 5.70. The van der Waals surface area contributed by atoms with E-state index in [1.54, 1.807) is 12.1 Å². The maximum atomic E-state index is 11.1. The summed E-state index contributed by atoms with van der Waals surface area (Å²) in [4.78, 5) is 11.1. The van der Waals surface area contributed by atoms with Crippen LogP contribution in [0.25, 0.3) is 0 Å². The van der Waals surface area contributed by atoms with Gasteiger partial charge in [0, 0.05) is 36.4 Å². The van der Waals surface area contributed by atoms with Crippen LogP contribution < -0.4 is 11.1 Å². The Balaban J connectivity index is 1.91. The van der Waals surface area contributed by atoms with Gasteiger partial charge in [-0.05, 0) is 43.4 Å². The zero-order valence-electron chi connectivity index (χ0n) is 11.7. The van der Waals surface area contributed by atoms with E-state index in [2.05, 4.69) is 12.2 Å². The number of halogens is 1. The summed E-state index contributed by atoms with van der Waals surface area (Å²) < 4.78 is 5.37. The molecule has 1 aliphatic heterocycles. The Bertz CT molecular complexity index is 473. The molecule has 0 aliphatic carbocycles. The molecule has 1 aromatic rings. The first kappa shape index (κ1) is 15.3. The molecule has 20 heavy (non-hydrogen) atoms. The van der Waals surface area contributed by atoms with Crippen LogP contribution in [-0.4, -0.2) is 25.2 Å². The van der Waals surface area contributed by atoms with Crippen LogP contribution >= 0.6 is 11.6 Å². The van der Waals surface area contributed by atoms with Crippen LogP contribution in [-0.2, 0) is 11.3 Å². The van der Waals surface area contributed by atoms with Crippen LogP contribution in [0.15, 0.2) is 18.2 Å². The molecule has 0 saturated carbocycles. The van der Waals surface area contributed by atoms with E-state index in [9.17, 15) is 4.79 Å². The quantitative estimate of drug-likeness (QED) is 0.876. The lowest BCUT2D eigenvalue weighted by molar-refractivity contribution is 0.0558. The number of carbonyl (C=O) groups is 1. The van der Waals surface area contributed by atoms with Gasteiger partial charge in [0.15, 0.2) is 0 Å². The number of ether oxygens (including phenoxy) is 1. The largest absolute Gasteiger partial charge is 0.381 e. The smallest absolute Gasteiger partial charge is 0.248 e. The molecule has 2 rings (SSSR count). The van der Waals surface area contributed by atoms with Crippen molar-refractivity contribution in [3.8, 4) is 0 Å². The lowest BCUT2D eigenvalue weighted by Gasteiger charge is -2.28. The normalized spacial score (nSPS) is 17.9. The molecule has 0 radical (unpaired) electrons. The molecule has 1 amide bonds. The molecule has 110 valence electrons. The predicted octanol–water partition coefficient (Wildman–Crippen LogP) is 2.34. The van der Waals surface area contributed by atoms with Crippen LogP contribution in [0.5, 0.6) is 0 Å². The third kappa shape index (κ3) is 3.95. The standard InChI is InChI=1S/C15H21ClN2O2/c1-10(11-4-6-20-7-5-11)18-9-13-3-2-12(15(17)19)8-14(13)16/h2-3,8,10-11,18H,4-7,9H2,1H3,(H2,17,19). The number of nitrogens with two attached hydrogens (primary N) is 1. The van der Waals surface area contributed by atoms with Crippen molar-refractivity contribution in [3.63, 3.8) is 0 Å². The number of rotatable bonds is 5. The fourth-order valence-electron chi connectivity index (χ4n) is 2.50. The highest BCUT2D eigenvalue weighted by Gasteiger charge is 2.20. The number of benzene rings is 1. The number of hydrogen-bond donors (Lipinski definition) is 2. The van der Waals surface area contributed by atoms with Crippen molar-refractivity contribution < 1.29 is 9.53 Å². The molecule has 1 heterocycles. The van der Waals surface area contributed by atoms with Crippen molar-refractivity contribution >= 4 is 17.5 Å². The third-order valence-electron chi connectivity index (χ3n) is 3.93. The van der Waals surface area contributed by atoms with Crippen LogP contribution in [0.4, 0.5) is 0 Å². The fraction of sp³-hybridized carbons (Fsp3) is 0.533. The Hall–Kier alpha value is -1.10. The number of carbonyl (C=O) groups excluding carboxylic acids is 1. The van der Waals surface area contributed by atoms with E-state index in [-0.39, 0.29) is 0 Å². The first-order chi connectivity index (χ1) is 9.58. The van der Waals surface area contributed by atoms with Crippen molar-refractivity contribution in [1.82, 2.24) is 5.32 Å². The Morgan fingerprint density at radius 2 is 2.20 bits per heavy atom. The van der Waals surface area contributed by atoms with E-state index < -0.39 is 5.91 Å². The van der Waals surface area contributed by atoms with Crippen molar-refractivity contribution in [3.05, 3.63) is 34.3 Å². The Kier molecular flexibility index (Phi) is 5.40. The SMILES string of the molecule is CC(NCc1ccc(C(N)=O)cc1Cl)C1CCOCC1. The van der Waals surface area contributed by atoms with E-state index in [1.165, 1.54) is 0 Å². The van der Waals surface area contributed by atoms with Crippen molar-refractivity contribution in [1.29, 1.82) is 0 Å².